The molecule has 0 spiro atoms. The lowest BCUT2D eigenvalue weighted by atomic mass is 9.99. The zero-order chi connectivity index (χ0) is 9.49. The maximum atomic E-state index is 10.4. The number of nitrogens with one attached hydrogen (secondary N) is 1. The number of quaternary nitrogens is 1. The Morgan fingerprint density at radius 3 is 1.64 bits per heavy atom. The van der Waals surface area contributed by atoms with Gasteiger partial charge in [-0.1, -0.05) is 6.82 Å². The van der Waals surface area contributed by atoms with E-state index in [2.05, 4.69) is 5.92 Å². The summed E-state index contributed by atoms with van der Waals surface area (Å²) >= 11 is 0. The van der Waals surface area contributed by atoms with Crippen molar-refractivity contribution < 1.29 is 17.8 Å². The Labute approximate surface area is 65.6 Å². The molecular weight excluding hydrogens is 154 g/mol. The Hall–Kier alpha value is -0.625. The molecule has 0 bridgehead atoms. The van der Waals surface area contributed by atoms with Gasteiger partial charge >= 0.3 is 6.98 Å². The van der Waals surface area contributed by atoms with Gasteiger partial charge in [0.1, 0.15) is 6.54 Å². The summed E-state index contributed by atoms with van der Waals surface area (Å²) in [5, 5.41) is 0. The first kappa shape index (κ1) is 13.0. The SMILES string of the molecule is C#CC[NH+](C)C.C[B-](F)(F)F. The van der Waals surface area contributed by atoms with Gasteiger partial charge in [-0.25, -0.2) is 0 Å². The Bertz CT molecular complexity index is 119. The summed E-state index contributed by atoms with van der Waals surface area (Å²) in [5.74, 6) is 2.53. The second-order valence-electron chi connectivity index (χ2n) is 2.49. The molecule has 0 aromatic heterocycles. The smallest absolute Gasteiger partial charge is 0.449 e. The van der Waals surface area contributed by atoms with Crippen molar-refractivity contribution in [1.82, 2.24) is 0 Å². The first-order valence-corrected chi connectivity index (χ1v) is 3.23. The van der Waals surface area contributed by atoms with E-state index in [0.717, 1.165) is 6.54 Å². The minimum atomic E-state index is -4.50. The van der Waals surface area contributed by atoms with Crippen LogP contribution in [0.5, 0.6) is 0 Å². The molecule has 0 saturated carbocycles. The summed E-state index contributed by atoms with van der Waals surface area (Å²) in [7, 11) is 4.06. The van der Waals surface area contributed by atoms with E-state index in [9.17, 15) is 12.9 Å². The van der Waals surface area contributed by atoms with Crippen LogP contribution in [0.25, 0.3) is 0 Å². The highest BCUT2D eigenvalue weighted by molar-refractivity contribution is 6.56. The van der Waals surface area contributed by atoms with Crippen molar-refractivity contribution in [2.75, 3.05) is 20.6 Å². The average molecular weight is 167 g/mol. The Morgan fingerprint density at radius 2 is 1.64 bits per heavy atom. The van der Waals surface area contributed by atoms with Crippen molar-refractivity contribution in [1.29, 1.82) is 0 Å². The Morgan fingerprint density at radius 1 is 1.36 bits per heavy atom. The lowest BCUT2D eigenvalue weighted by Gasteiger charge is -1.99. The number of hydrogen-bond acceptors (Lipinski definition) is 0. The summed E-state index contributed by atoms with van der Waals surface area (Å²) < 4.78 is 31.2. The third-order valence-electron chi connectivity index (χ3n) is 0.456. The highest BCUT2D eigenvalue weighted by Gasteiger charge is 2.11. The monoisotopic (exact) mass is 167 g/mol. The fraction of sp³-hybridized carbons (Fsp3) is 0.667. The van der Waals surface area contributed by atoms with E-state index < -0.39 is 6.98 Å². The molecule has 0 aromatic carbocycles. The van der Waals surface area contributed by atoms with Crippen molar-refractivity contribution in [3.8, 4) is 12.3 Å². The molecule has 0 heterocycles. The maximum Gasteiger partial charge on any atom is 0.475 e. The van der Waals surface area contributed by atoms with Gasteiger partial charge in [-0.15, -0.1) is 6.42 Å². The fourth-order valence-electron chi connectivity index (χ4n) is 0.204. The molecule has 5 heteroatoms. The van der Waals surface area contributed by atoms with Crippen LogP contribution in [0.2, 0.25) is 6.82 Å². The summed E-state index contributed by atoms with van der Waals surface area (Å²) in [6.45, 7) is -3.43. The normalized spacial score (nSPS) is 10.0. The molecule has 0 radical (unpaired) electrons. The zero-order valence-electron chi connectivity index (χ0n) is 7.00. The largest absolute Gasteiger partial charge is 0.475 e. The molecular formula is C6H13BF3N. The molecule has 11 heavy (non-hydrogen) atoms. The molecule has 0 aromatic rings. The van der Waals surface area contributed by atoms with Crippen molar-refractivity contribution in [2.24, 2.45) is 0 Å². The van der Waals surface area contributed by atoms with Crippen molar-refractivity contribution in [3.63, 3.8) is 0 Å². The first-order valence-electron chi connectivity index (χ1n) is 3.23. The molecule has 0 unspecified atom stereocenters. The third kappa shape index (κ3) is 90.4. The lowest BCUT2D eigenvalue weighted by molar-refractivity contribution is -0.850. The van der Waals surface area contributed by atoms with E-state index in [-0.39, 0.29) is 6.82 Å². The number of halogens is 3. The molecule has 0 fully saturated rings. The predicted molar refractivity (Wildman–Crippen MR) is 41.5 cm³/mol. The third-order valence-corrected chi connectivity index (χ3v) is 0.456. The molecule has 0 aliphatic carbocycles. The maximum absolute atomic E-state index is 10.4. The van der Waals surface area contributed by atoms with Crippen LogP contribution >= 0.6 is 0 Å². The Kier molecular flexibility index (Phi) is 7.22. The first-order chi connectivity index (χ1) is 4.77. The molecule has 0 amide bonds. The highest BCUT2D eigenvalue weighted by Crippen LogP contribution is 2.03. The molecule has 1 N–H and O–H groups in total. The van der Waals surface area contributed by atoms with Gasteiger partial charge in [-0.3, -0.25) is 0 Å². The van der Waals surface area contributed by atoms with E-state index in [0.29, 0.717) is 0 Å². The topological polar surface area (TPSA) is 4.44 Å². The van der Waals surface area contributed by atoms with E-state index in [1.165, 1.54) is 4.90 Å². The van der Waals surface area contributed by atoms with Crippen molar-refractivity contribution >= 4 is 6.98 Å². The average Bonchev–Trinajstić information content (AvgIpc) is 1.58. The predicted octanol–water partition coefficient (Wildman–Crippen LogP) is 0.228. The summed E-state index contributed by atoms with van der Waals surface area (Å²) in [4.78, 5) is 1.30. The number of terminal acetylenes is 1. The van der Waals surface area contributed by atoms with E-state index >= 15 is 0 Å². The standard InChI is InChI=1S/C5H9N.CH3BF3/c1-4-5-6(2)3;1-2(3,4)5/h1H,5H2,2-3H3;1H3/q;-1/p+1. The van der Waals surface area contributed by atoms with Crippen LogP contribution in [0, 0.1) is 12.3 Å². The zero-order valence-corrected chi connectivity index (χ0v) is 7.00. The number of rotatable bonds is 1. The van der Waals surface area contributed by atoms with Gasteiger partial charge in [-0.2, -0.15) is 0 Å². The second-order valence-corrected chi connectivity index (χ2v) is 2.49. The molecule has 0 aliphatic rings. The van der Waals surface area contributed by atoms with Crippen LogP contribution in [0.15, 0.2) is 0 Å². The van der Waals surface area contributed by atoms with Crippen LogP contribution in [-0.4, -0.2) is 27.6 Å². The van der Waals surface area contributed by atoms with Crippen LogP contribution in [0.3, 0.4) is 0 Å². The highest BCUT2D eigenvalue weighted by atomic mass is 19.4. The van der Waals surface area contributed by atoms with Crippen molar-refractivity contribution in [3.05, 3.63) is 0 Å². The molecule has 0 rings (SSSR count). The van der Waals surface area contributed by atoms with Gasteiger partial charge in [0, 0.05) is 0 Å². The summed E-state index contributed by atoms with van der Waals surface area (Å²) in [6.07, 6.45) is 4.96. The number of hydrogen-bond donors (Lipinski definition) is 1. The molecule has 0 atom stereocenters. The minimum Gasteiger partial charge on any atom is -0.449 e. The summed E-state index contributed by atoms with van der Waals surface area (Å²) in [5.41, 5.74) is 0. The molecule has 66 valence electrons. The van der Waals surface area contributed by atoms with Crippen LogP contribution in [0.1, 0.15) is 0 Å². The molecule has 0 saturated heterocycles. The van der Waals surface area contributed by atoms with Gasteiger partial charge in [-0.05, 0) is 5.92 Å². The minimum absolute atomic E-state index is 0.250. The second kappa shape index (κ2) is 6.11. The van der Waals surface area contributed by atoms with Crippen LogP contribution in [0.4, 0.5) is 12.9 Å². The van der Waals surface area contributed by atoms with Gasteiger partial charge in [0.15, 0.2) is 0 Å². The van der Waals surface area contributed by atoms with Gasteiger partial charge in [0.25, 0.3) is 0 Å². The lowest BCUT2D eigenvalue weighted by Crippen LogP contribution is -3.05. The molecule has 0 aliphatic heterocycles. The van der Waals surface area contributed by atoms with Gasteiger partial charge < -0.3 is 17.8 Å². The van der Waals surface area contributed by atoms with Crippen molar-refractivity contribution in [2.45, 2.75) is 6.82 Å². The van der Waals surface area contributed by atoms with E-state index in [4.69, 9.17) is 6.42 Å². The van der Waals surface area contributed by atoms with E-state index in [1.54, 1.807) is 0 Å². The van der Waals surface area contributed by atoms with E-state index in [1.807, 2.05) is 14.1 Å². The van der Waals surface area contributed by atoms with Crippen LogP contribution < -0.4 is 4.90 Å². The molecule has 1 nitrogen and oxygen atoms in total. The Balaban J connectivity index is 0. The fourth-order valence-corrected chi connectivity index (χ4v) is 0.204. The quantitative estimate of drug-likeness (QED) is 0.421. The van der Waals surface area contributed by atoms with Gasteiger partial charge in [0.2, 0.25) is 0 Å². The summed E-state index contributed by atoms with van der Waals surface area (Å²) in [6, 6.07) is 0. The van der Waals surface area contributed by atoms with Gasteiger partial charge in [0.05, 0.1) is 14.1 Å². The van der Waals surface area contributed by atoms with Crippen LogP contribution in [-0.2, 0) is 0 Å².